The summed E-state index contributed by atoms with van der Waals surface area (Å²) in [5.74, 6) is -0.756. The molecule has 21 heavy (non-hydrogen) atoms. The van der Waals surface area contributed by atoms with Crippen LogP contribution in [0.3, 0.4) is 0 Å². The molecule has 2 aromatic rings. The van der Waals surface area contributed by atoms with E-state index < -0.39 is 16.0 Å². The molecule has 9 nitrogen and oxygen atoms in total. The number of hydrogen-bond acceptors (Lipinski definition) is 7. The van der Waals surface area contributed by atoms with Gasteiger partial charge in [-0.25, -0.2) is 27.9 Å². The Balaban J connectivity index is 2.17. The quantitative estimate of drug-likeness (QED) is 0.710. The molecule has 2 N–H and O–H groups in total. The van der Waals surface area contributed by atoms with Gasteiger partial charge in [0.15, 0.2) is 5.03 Å². The Labute approximate surface area is 120 Å². The lowest BCUT2D eigenvalue weighted by Gasteiger charge is -2.06. The summed E-state index contributed by atoms with van der Waals surface area (Å²) < 4.78 is 31.4. The summed E-state index contributed by atoms with van der Waals surface area (Å²) in [5.41, 5.74) is 0.345. The van der Waals surface area contributed by atoms with Crippen molar-refractivity contribution in [2.75, 3.05) is 6.61 Å². The Morgan fingerprint density at radius 3 is 2.95 bits per heavy atom. The zero-order chi connectivity index (χ0) is 15.3. The highest BCUT2D eigenvalue weighted by molar-refractivity contribution is 7.89. The second-order valence-electron chi connectivity index (χ2n) is 3.86. The van der Waals surface area contributed by atoms with E-state index >= 15 is 0 Å². The molecule has 0 bridgehead atoms. The first kappa shape index (κ1) is 15.1. The maximum absolute atomic E-state index is 12.2. The number of hydrogen-bond donors (Lipinski definition) is 2. The average Bonchev–Trinajstić information content (AvgIpc) is 2.97. The molecule has 0 saturated carbocycles. The van der Waals surface area contributed by atoms with Crippen LogP contribution in [-0.4, -0.2) is 41.2 Å². The van der Waals surface area contributed by atoms with Gasteiger partial charge in [-0.05, 0) is 13.0 Å². The molecule has 2 aromatic heterocycles. The van der Waals surface area contributed by atoms with Crippen LogP contribution in [0.1, 0.15) is 23.0 Å². The molecule has 0 aliphatic carbocycles. The number of aromatic nitrogens is 4. The summed E-state index contributed by atoms with van der Waals surface area (Å²) in [6.07, 6.45) is 3.91. The minimum absolute atomic E-state index is 0.0356. The van der Waals surface area contributed by atoms with Gasteiger partial charge in [-0.15, -0.1) is 0 Å². The molecular weight excluding hydrogens is 298 g/mol. The van der Waals surface area contributed by atoms with Gasteiger partial charge < -0.3 is 4.74 Å². The van der Waals surface area contributed by atoms with Gasteiger partial charge in [-0.1, -0.05) is 0 Å². The highest BCUT2D eigenvalue weighted by atomic mass is 32.2. The van der Waals surface area contributed by atoms with Crippen LogP contribution >= 0.6 is 0 Å². The van der Waals surface area contributed by atoms with Gasteiger partial charge in [0, 0.05) is 6.20 Å². The summed E-state index contributed by atoms with van der Waals surface area (Å²) >= 11 is 0. The Morgan fingerprint density at radius 2 is 2.29 bits per heavy atom. The predicted octanol–water partition coefficient (Wildman–Crippen LogP) is -0.145. The Morgan fingerprint density at radius 1 is 1.48 bits per heavy atom. The van der Waals surface area contributed by atoms with E-state index in [4.69, 9.17) is 4.74 Å². The van der Waals surface area contributed by atoms with Crippen LogP contribution in [0, 0.1) is 0 Å². The third kappa shape index (κ3) is 3.61. The molecule has 0 unspecified atom stereocenters. The highest BCUT2D eigenvalue weighted by Gasteiger charge is 2.25. The molecule has 0 amide bonds. The zero-order valence-corrected chi connectivity index (χ0v) is 11.9. The first-order valence-corrected chi connectivity index (χ1v) is 7.48. The smallest absolute Gasteiger partial charge is 0.342 e. The van der Waals surface area contributed by atoms with E-state index in [9.17, 15) is 13.2 Å². The number of H-pyrrole nitrogens is 1. The molecule has 0 fully saturated rings. The number of aromatic amines is 1. The number of esters is 1. The van der Waals surface area contributed by atoms with E-state index in [1.54, 1.807) is 13.0 Å². The fourth-order valence-electron chi connectivity index (χ4n) is 1.50. The first-order chi connectivity index (χ1) is 10.0. The molecule has 0 aliphatic heterocycles. The SMILES string of the molecule is CCOC(=O)c1cn[nH]c1S(=O)(=O)NCc1ccncn1. The van der Waals surface area contributed by atoms with Crippen molar-refractivity contribution in [2.45, 2.75) is 18.5 Å². The highest BCUT2D eigenvalue weighted by Crippen LogP contribution is 2.13. The fraction of sp³-hybridized carbons (Fsp3) is 0.273. The third-order valence-electron chi connectivity index (χ3n) is 2.45. The number of nitrogens with zero attached hydrogens (tertiary/aromatic N) is 3. The van der Waals surface area contributed by atoms with Crippen LogP contribution in [0.2, 0.25) is 0 Å². The maximum atomic E-state index is 12.2. The fourth-order valence-corrected chi connectivity index (χ4v) is 2.58. The molecule has 0 atom stereocenters. The predicted molar refractivity (Wildman–Crippen MR) is 70.6 cm³/mol. The molecule has 2 heterocycles. The molecule has 0 radical (unpaired) electrons. The van der Waals surface area contributed by atoms with E-state index in [-0.39, 0.29) is 23.7 Å². The van der Waals surface area contributed by atoms with Crippen molar-refractivity contribution in [1.82, 2.24) is 24.9 Å². The normalized spacial score (nSPS) is 11.3. The monoisotopic (exact) mass is 311 g/mol. The minimum atomic E-state index is -3.94. The topological polar surface area (TPSA) is 127 Å². The number of sulfonamides is 1. The molecule has 0 aromatic carbocycles. The first-order valence-electron chi connectivity index (χ1n) is 5.99. The van der Waals surface area contributed by atoms with Crippen molar-refractivity contribution >= 4 is 16.0 Å². The summed E-state index contributed by atoms with van der Waals surface area (Å²) in [5, 5.41) is 5.53. The van der Waals surface area contributed by atoms with E-state index in [1.807, 2.05) is 0 Å². The minimum Gasteiger partial charge on any atom is -0.462 e. The second kappa shape index (κ2) is 6.41. The number of nitrogens with one attached hydrogen (secondary N) is 2. The van der Waals surface area contributed by atoms with E-state index in [0.29, 0.717) is 5.69 Å². The summed E-state index contributed by atoms with van der Waals surface area (Å²) in [6, 6.07) is 1.57. The lowest BCUT2D eigenvalue weighted by Crippen LogP contribution is -2.26. The number of carbonyl (C=O) groups is 1. The number of ether oxygens (including phenoxy) is 1. The van der Waals surface area contributed by atoms with Gasteiger partial charge in [0.2, 0.25) is 0 Å². The summed E-state index contributed by atoms with van der Waals surface area (Å²) in [4.78, 5) is 19.3. The number of carbonyl (C=O) groups excluding carboxylic acids is 1. The van der Waals surface area contributed by atoms with E-state index in [1.165, 1.54) is 12.5 Å². The van der Waals surface area contributed by atoms with Gasteiger partial charge in [-0.3, -0.25) is 5.10 Å². The van der Waals surface area contributed by atoms with Crippen molar-refractivity contribution in [3.8, 4) is 0 Å². The van der Waals surface area contributed by atoms with Crippen LogP contribution in [0.4, 0.5) is 0 Å². The van der Waals surface area contributed by atoms with Gasteiger partial charge in [0.25, 0.3) is 10.0 Å². The molecule has 2 rings (SSSR count). The Hall–Kier alpha value is -2.33. The van der Waals surface area contributed by atoms with Crippen molar-refractivity contribution in [3.63, 3.8) is 0 Å². The van der Waals surface area contributed by atoms with E-state index in [2.05, 4.69) is 24.9 Å². The number of rotatable bonds is 6. The standard InChI is InChI=1S/C11H13N5O4S/c1-2-20-11(17)9-6-14-16-10(9)21(18,19)15-5-8-3-4-12-7-13-8/h3-4,6-7,15H,2,5H2,1H3,(H,14,16). The van der Waals surface area contributed by atoms with Crippen molar-refractivity contribution in [2.24, 2.45) is 0 Å². The van der Waals surface area contributed by atoms with Crippen LogP contribution < -0.4 is 4.72 Å². The van der Waals surface area contributed by atoms with Crippen LogP contribution in [0.15, 0.2) is 29.8 Å². The van der Waals surface area contributed by atoms with Crippen LogP contribution in [0.5, 0.6) is 0 Å². The van der Waals surface area contributed by atoms with E-state index in [0.717, 1.165) is 6.20 Å². The van der Waals surface area contributed by atoms with Crippen molar-refractivity contribution < 1.29 is 17.9 Å². The maximum Gasteiger partial charge on any atom is 0.342 e. The van der Waals surface area contributed by atoms with Gasteiger partial charge in [-0.2, -0.15) is 5.10 Å². The Kier molecular flexibility index (Phi) is 4.60. The molecule has 0 saturated heterocycles. The third-order valence-corrected chi connectivity index (χ3v) is 3.83. The van der Waals surface area contributed by atoms with Gasteiger partial charge in [0.05, 0.1) is 25.0 Å². The summed E-state index contributed by atoms with van der Waals surface area (Å²) in [7, 11) is -3.94. The van der Waals surface area contributed by atoms with Crippen LogP contribution in [-0.2, 0) is 21.3 Å². The molecule has 0 spiro atoms. The second-order valence-corrected chi connectivity index (χ2v) is 5.56. The lowest BCUT2D eigenvalue weighted by atomic mass is 10.4. The lowest BCUT2D eigenvalue weighted by molar-refractivity contribution is 0.0522. The van der Waals surface area contributed by atoms with Crippen LogP contribution in [0.25, 0.3) is 0 Å². The van der Waals surface area contributed by atoms with Crippen molar-refractivity contribution in [3.05, 3.63) is 36.0 Å². The largest absolute Gasteiger partial charge is 0.462 e. The average molecular weight is 311 g/mol. The molecule has 112 valence electrons. The molecule has 0 aliphatic rings. The van der Waals surface area contributed by atoms with Gasteiger partial charge in [0.1, 0.15) is 11.9 Å². The summed E-state index contributed by atoms with van der Waals surface area (Å²) in [6.45, 7) is 1.73. The zero-order valence-electron chi connectivity index (χ0n) is 11.1. The van der Waals surface area contributed by atoms with Gasteiger partial charge >= 0.3 is 5.97 Å². The Bertz CT molecular complexity index is 713. The molecular formula is C11H13N5O4S. The van der Waals surface area contributed by atoms with Crippen molar-refractivity contribution in [1.29, 1.82) is 0 Å². The molecule has 10 heteroatoms.